The first kappa shape index (κ1) is 15.6. The molecule has 1 aliphatic carbocycles. The van der Waals surface area contributed by atoms with E-state index in [-0.39, 0.29) is 5.91 Å². The first-order valence-corrected chi connectivity index (χ1v) is 9.44. The van der Waals surface area contributed by atoms with Crippen molar-refractivity contribution in [1.29, 1.82) is 0 Å². The Morgan fingerprint density at radius 1 is 1.29 bits per heavy atom. The first-order valence-electron chi connectivity index (χ1n) is 7.77. The number of halogens is 1. The summed E-state index contributed by atoms with van der Waals surface area (Å²) in [5.41, 5.74) is 1.48. The van der Waals surface area contributed by atoms with Crippen LogP contribution in [0.1, 0.15) is 28.9 Å². The lowest BCUT2D eigenvalue weighted by Gasteiger charge is -2.21. The molecule has 2 aromatic heterocycles. The number of hydrogen-bond donors (Lipinski definition) is 0. The lowest BCUT2D eigenvalue weighted by molar-refractivity contribution is 0.0719. The molecule has 0 bridgehead atoms. The molecular weight excluding hydrogens is 388 g/mol. The molecule has 2 heterocycles. The van der Waals surface area contributed by atoms with Gasteiger partial charge in [0, 0.05) is 23.1 Å². The van der Waals surface area contributed by atoms with Crippen molar-refractivity contribution in [3.63, 3.8) is 0 Å². The van der Waals surface area contributed by atoms with Crippen LogP contribution in [0.15, 0.2) is 56.8 Å². The van der Waals surface area contributed by atoms with Gasteiger partial charge in [-0.1, -0.05) is 39.3 Å². The molecule has 24 heavy (non-hydrogen) atoms. The molecule has 0 unspecified atom stereocenters. The summed E-state index contributed by atoms with van der Waals surface area (Å²) in [6, 6.07) is 14.0. The van der Waals surface area contributed by atoms with Gasteiger partial charge in [0.05, 0.1) is 4.88 Å². The van der Waals surface area contributed by atoms with E-state index in [1.54, 1.807) is 17.4 Å². The highest BCUT2D eigenvalue weighted by Gasteiger charge is 2.34. The van der Waals surface area contributed by atoms with E-state index in [4.69, 9.17) is 4.52 Å². The molecule has 0 spiro atoms. The number of benzene rings is 1. The highest BCUT2D eigenvalue weighted by Crippen LogP contribution is 2.31. The first-order chi connectivity index (χ1) is 11.7. The number of amides is 1. The summed E-state index contributed by atoms with van der Waals surface area (Å²) in [6.07, 6.45) is 2.10. The van der Waals surface area contributed by atoms with Crippen molar-refractivity contribution >= 4 is 33.2 Å². The van der Waals surface area contributed by atoms with Crippen molar-refractivity contribution in [1.82, 2.24) is 10.1 Å². The van der Waals surface area contributed by atoms with Crippen LogP contribution in [0.3, 0.4) is 0 Å². The van der Waals surface area contributed by atoms with Gasteiger partial charge in [0.25, 0.3) is 5.91 Å². The normalized spacial score (nSPS) is 13.9. The Kier molecular flexibility index (Phi) is 4.24. The van der Waals surface area contributed by atoms with Crippen molar-refractivity contribution in [3.05, 3.63) is 63.6 Å². The van der Waals surface area contributed by atoms with Crippen molar-refractivity contribution < 1.29 is 9.32 Å². The number of rotatable bonds is 5. The zero-order valence-corrected chi connectivity index (χ0v) is 15.2. The average Bonchev–Trinajstić information content (AvgIpc) is 3.08. The van der Waals surface area contributed by atoms with Crippen LogP contribution in [-0.2, 0) is 6.54 Å². The van der Waals surface area contributed by atoms with Gasteiger partial charge in [0.2, 0.25) is 0 Å². The Bertz CT molecular complexity index is 856. The zero-order chi connectivity index (χ0) is 16.5. The molecule has 0 N–H and O–H groups in total. The Balaban J connectivity index is 1.56. The molecular formula is C18H15BrN2O2S. The zero-order valence-electron chi connectivity index (χ0n) is 12.8. The van der Waals surface area contributed by atoms with E-state index in [9.17, 15) is 4.79 Å². The minimum Gasteiger partial charge on any atom is -0.355 e. The molecule has 0 saturated heterocycles. The minimum absolute atomic E-state index is 0.0657. The van der Waals surface area contributed by atoms with E-state index < -0.39 is 0 Å². The highest BCUT2D eigenvalue weighted by molar-refractivity contribution is 9.10. The van der Waals surface area contributed by atoms with Gasteiger partial charge in [-0.3, -0.25) is 4.79 Å². The van der Waals surface area contributed by atoms with Crippen molar-refractivity contribution in [2.75, 3.05) is 0 Å². The molecule has 3 aromatic rings. The third kappa shape index (κ3) is 3.30. The van der Waals surface area contributed by atoms with E-state index >= 15 is 0 Å². The molecule has 6 heteroatoms. The quantitative estimate of drug-likeness (QED) is 0.604. The van der Waals surface area contributed by atoms with Crippen LogP contribution >= 0.6 is 27.3 Å². The van der Waals surface area contributed by atoms with E-state index in [0.29, 0.717) is 24.0 Å². The number of hydrogen-bond acceptors (Lipinski definition) is 4. The topological polar surface area (TPSA) is 46.3 Å². The summed E-state index contributed by atoms with van der Waals surface area (Å²) in [7, 11) is 0. The number of carbonyl (C=O) groups excluding carboxylic acids is 1. The van der Waals surface area contributed by atoms with Crippen molar-refractivity contribution in [3.8, 4) is 10.6 Å². The van der Waals surface area contributed by atoms with Gasteiger partial charge in [0.15, 0.2) is 11.5 Å². The molecule has 1 amide bonds. The van der Waals surface area contributed by atoms with Crippen LogP contribution in [0.2, 0.25) is 0 Å². The van der Waals surface area contributed by atoms with E-state index in [0.717, 1.165) is 27.8 Å². The summed E-state index contributed by atoms with van der Waals surface area (Å²) in [5.74, 6) is 0.579. The summed E-state index contributed by atoms with van der Waals surface area (Å²) in [4.78, 5) is 15.8. The van der Waals surface area contributed by atoms with Crippen molar-refractivity contribution in [2.24, 2.45) is 0 Å². The summed E-state index contributed by atoms with van der Waals surface area (Å²) >= 11 is 5.05. The minimum atomic E-state index is -0.0657. The Morgan fingerprint density at radius 2 is 2.17 bits per heavy atom. The molecule has 1 aromatic carbocycles. The average molecular weight is 403 g/mol. The van der Waals surface area contributed by atoms with E-state index in [2.05, 4.69) is 21.1 Å². The maximum Gasteiger partial charge on any atom is 0.276 e. The summed E-state index contributed by atoms with van der Waals surface area (Å²) in [6.45, 7) is 0.587. The maximum absolute atomic E-state index is 12.9. The van der Waals surface area contributed by atoms with E-state index in [1.807, 2.05) is 46.7 Å². The number of nitrogens with zero attached hydrogens (tertiary/aromatic N) is 2. The Morgan fingerprint density at radius 3 is 2.88 bits per heavy atom. The molecule has 0 radical (unpaired) electrons. The predicted octanol–water partition coefficient (Wildman–Crippen LogP) is 4.97. The van der Waals surface area contributed by atoms with Crippen LogP contribution in [0.4, 0.5) is 0 Å². The molecule has 4 rings (SSSR count). The molecule has 1 fully saturated rings. The number of carbonyl (C=O) groups is 1. The Hall–Kier alpha value is -1.92. The molecule has 4 nitrogen and oxygen atoms in total. The molecule has 1 saturated carbocycles. The van der Waals surface area contributed by atoms with Gasteiger partial charge in [0.1, 0.15) is 0 Å². The van der Waals surface area contributed by atoms with Crippen LogP contribution in [-0.4, -0.2) is 22.0 Å². The number of thiophene rings is 1. The van der Waals surface area contributed by atoms with Crippen LogP contribution < -0.4 is 0 Å². The van der Waals surface area contributed by atoms with Crippen LogP contribution in [0.25, 0.3) is 10.6 Å². The standard InChI is InChI=1S/C18H15BrN2O2S/c19-13-4-1-3-12(9-13)11-21(14-6-7-14)18(22)15-10-16(23-20-15)17-5-2-8-24-17/h1-5,8-10,14H,6-7,11H2. The maximum atomic E-state index is 12.9. The molecule has 0 aliphatic heterocycles. The summed E-state index contributed by atoms with van der Waals surface area (Å²) < 4.78 is 6.37. The van der Waals surface area contributed by atoms with Gasteiger partial charge < -0.3 is 9.42 Å². The number of aromatic nitrogens is 1. The van der Waals surface area contributed by atoms with E-state index in [1.165, 1.54) is 0 Å². The van der Waals surface area contributed by atoms with Gasteiger partial charge in [-0.15, -0.1) is 11.3 Å². The predicted molar refractivity (Wildman–Crippen MR) is 96.9 cm³/mol. The second-order valence-electron chi connectivity index (χ2n) is 5.85. The molecule has 1 aliphatic rings. The smallest absolute Gasteiger partial charge is 0.276 e. The fourth-order valence-corrected chi connectivity index (χ4v) is 3.76. The van der Waals surface area contributed by atoms with Gasteiger partial charge in [-0.05, 0) is 42.0 Å². The highest BCUT2D eigenvalue weighted by atomic mass is 79.9. The second-order valence-corrected chi connectivity index (χ2v) is 7.71. The SMILES string of the molecule is O=C(c1cc(-c2cccs2)on1)N(Cc1cccc(Br)c1)C1CC1. The molecule has 122 valence electrons. The van der Waals surface area contributed by atoms with Gasteiger partial charge in [-0.2, -0.15) is 0 Å². The lowest BCUT2D eigenvalue weighted by Crippen LogP contribution is -2.32. The summed E-state index contributed by atoms with van der Waals surface area (Å²) in [5, 5.41) is 5.97. The third-order valence-electron chi connectivity index (χ3n) is 3.98. The third-order valence-corrected chi connectivity index (χ3v) is 5.36. The fraction of sp³-hybridized carbons (Fsp3) is 0.222. The van der Waals surface area contributed by atoms with Gasteiger partial charge in [-0.25, -0.2) is 0 Å². The van der Waals surface area contributed by atoms with Gasteiger partial charge >= 0.3 is 0 Å². The lowest BCUT2D eigenvalue weighted by atomic mass is 10.2. The van der Waals surface area contributed by atoms with Crippen LogP contribution in [0.5, 0.6) is 0 Å². The van der Waals surface area contributed by atoms with Crippen molar-refractivity contribution in [2.45, 2.75) is 25.4 Å². The largest absolute Gasteiger partial charge is 0.355 e. The fourth-order valence-electron chi connectivity index (χ4n) is 2.64. The monoisotopic (exact) mass is 402 g/mol. The second kappa shape index (κ2) is 6.53. The molecule has 0 atom stereocenters. The Labute approximate surface area is 152 Å². The van der Waals surface area contributed by atoms with Crippen LogP contribution in [0, 0.1) is 0 Å².